The summed E-state index contributed by atoms with van der Waals surface area (Å²) >= 11 is 0. The summed E-state index contributed by atoms with van der Waals surface area (Å²) in [4.78, 5) is 26.6. The molecule has 0 saturated carbocycles. The molecular formula is C71H74O6. The molecule has 1 atom stereocenters. The molecule has 2 aliphatic carbocycles. The minimum atomic E-state index is -0.492. The zero-order chi connectivity index (χ0) is 52.7. The van der Waals surface area contributed by atoms with Crippen LogP contribution in [0.3, 0.4) is 0 Å². The van der Waals surface area contributed by atoms with Crippen molar-refractivity contribution in [2.24, 2.45) is 0 Å². The van der Waals surface area contributed by atoms with Gasteiger partial charge in [-0.3, -0.25) is 0 Å². The van der Waals surface area contributed by atoms with Crippen LogP contribution in [0.15, 0.2) is 170 Å². The molecule has 0 N–H and O–H groups in total. The van der Waals surface area contributed by atoms with Gasteiger partial charge in [-0.15, -0.1) is 0 Å². The van der Waals surface area contributed by atoms with Crippen LogP contribution in [0.25, 0.3) is 56.0 Å². The van der Waals surface area contributed by atoms with Gasteiger partial charge in [0.25, 0.3) is 0 Å². The number of fused-ring (bicyclic) bond motifs is 6. The van der Waals surface area contributed by atoms with Crippen LogP contribution in [-0.2, 0) is 27.9 Å². The van der Waals surface area contributed by atoms with Gasteiger partial charge in [-0.25, -0.2) is 4.79 Å². The summed E-state index contributed by atoms with van der Waals surface area (Å²) in [5, 5.41) is 4.50. The summed E-state index contributed by atoms with van der Waals surface area (Å²) in [6, 6.07) is 54.8. The highest BCUT2D eigenvalue weighted by Crippen LogP contribution is 2.60. The van der Waals surface area contributed by atoms with Crippen molar-refractivity contribution >= 4 is 39.7 Å². The highest BCUT2D eigenvalue weighted by Gasteiger charge is 2.50. The van der Waals surface area contributed by atoms with E-state index in [-0.39, 0.29) is 6.61 Å². The molecule has 0 aromatic heterocycles. The third-order valence-electron chi connectivity index (χ3n) is 15.7. The molecule has 6 heteroatoms. The fourth-order valence-electron chi connectivity index (χ4n) is 11.8. The van der Waals surface area contributed by atoms with Crippen molar-refractivity contribution in [1.29, 1.82) is 0 Å². The lowest BCUT2D eigenvalue weighted by atomic mass is 9.75. The fraction of sp³-hybridized carbons (Fsp3) is 0.310. The Morgan fingerprint density at radius 1 is 0.494 bits per heavy atom. The van der Waals surface area contributed by atoms with Gasteiger partial charge in [0, 0.05) is 22.6 Å². The molecule has 0 aliphatic heterocycles. The Hall–Kier alpha value is -7.41. The molecule has 6 nitrogen and oxygen atoms in total. The topological polar surface area (TPSA) is 63.2 Å². The Kier molecular flexibility index (Phi) is 18.0. The first-order valence-corrected chi connectivity index (χ1v) is 28.6. The number of carbonyl (C=O) groups excluding carboxylic acids is 1. The molecule has 77 heavy (non-hydrogen) atoms. The van der Waals surface area contributed by atoms with E-state index < -0.39 is 11.4 Å². The van der Waals surface area contributed by atoms with Crippen LogP contribution in [0.2, 0.25) is 0 Å². The standard InChI is InChI=1S/C71H74O6/c1-3-5-7-9-11-19-45-73-60-34-32-56-48-52(27-30-58(56)50-60)22-21-47-75-77-67-39-37-63(55-25-17-14-18-26-55)65-42-44-71(70(65)67)43-41-64-62(54-23-15-13-16-24-54)36-38-66(69(64)71)76-68(72)40-29-53-28-31-59-51-61(35-33-57(59)49-53)74-46-20-12-10-8-6-4-2/h13-18,21-40,48-51H,3-12,19-20,41-47H2,1-2H3/b22-21+,40-29?. The van der Waals surface area contributed by atoms with E-state index in [1.807, 2.05) is 30.4 Å². The van der Waals surface area contributed by atoms with Gasteiger partial charge in [-0.2, -0.15) is 4.89 Å². The zero-order valence-electron chi connectivity index (χ0n) is 45.2. The molecule has 8 aromatic rings. The first-order chi connectivity index (χ1) is 38.0. The molecule has 1 unspecified atom stereocenters. The smallest absolute Gasteiger partial charge is 0.336 e. The fourth-order valence-corrected chi connectivity index (χ4v) is 11.8. The van der Waals surface area contributed by atoms with Crippen LogP contribution in [0, 0.1) is 0 Å². The molecule has 394 valence electrons. The second-order valence-corrected chi connectivity index (χ2v) is 21.0. The number of ether oxygens (including phenoxy) is 3. The number of esters is 1. The Morgan fingerprint density at radius 3 is 1.53 bits per heavy atom. The number of hydrogen-bond acceptors (Lipinski definition) is 6. The van der Waals surface area contributed by atoms with Crippen molar-refractivity contribution in [1.82, 2.24) is 0 Å². The maximum absolute atomic E-state index is 14.1. The minimum absolute atomic E-state index is 0.251. The van der Waals surface area contributed by atoms with E-state index in [2.05, 4.69) is 159 Å². The number of benzene rings is 8. The first kappa shape index (κ1) is 53.0. The second kappa shape index (κ2) is 26.1. The summed E-state index contributed by atoms with van der Waals surface area (Å²) in [6.45, 7) is 6.24. The largest absolute Gasteiger partial charge is 0.494 e. The van der Waals surface area contributed by atoms with Crippen LogP contribution in [-0.4, -0.2) is 25.8 Å². The van der Waals surface area contributed by atoms with Crippen LogP contribution in [0.5, 0.6) is 23.0 Å². The highest BCUT2D eigenvalue weighted by atomic mass is 17.2. The molecular weight excluding hydrogens is 949 g/mol. The normalized spacial score (nSPS) is 14.7. The van der Waals surface area contributed by atoms with Crippen molar-refractivity contribution in [2.75, 3.05) is 19.8 Å². The third kappa shape index (κ3) is 12.9. The number of unbranched alkanes of at least 4 members (excludes halogenated alkanes) is 10. The Balaban J connectivity index is 0.871. The maximum atomic E-state index is 14.1. The lowest BCUT2D eigenvalue weighted by molar-refractivity contribution is -0.196. The second-order valence-electron chi connectivity index (χ2n) is 21.0. The molecule has 0 saturated heterocycles. The predicted molar refractivity (Wildman–Crippen MR) is 317 cm³/mol. The molecule has 0 bridgehead atoms. The quantitative estimate of drug-likeness (QED) is 0.0134. The Morgan fingerprint density at radius 2 is 0.974 bits per heavy atom. The number of hydrogen-bond donors (Lipinski definition) is 0. The third-order valence-corrected chi connectivity index (χ3v) is 15.7. The van der Waals surface area contributed by atoms with Gasteiger partial charge < -0.3 is 19.1 Å². The molecule has 1 spiro atoms. The molecule has 0 heterocycles. The van der Waals surface area contributed by atoms with Gasteiger partial charge in [-0.05, 0) is 159 Å². The van der Waals surface area contributed by atoms with Crippen LogP contribution < -0.4 is 19.1 Å². The molecule has 0 amide bonds. The van der Waals surface area contributed by atoms with Gasteiger partial charge >= 0.3 is 5.97 Å². The van der Waals surface area contributed by atoms with Gasteiger partial charge in [0.15, 0.2) is 5.75 Å². The van der Waals surface area contributed by atoms with Gasteiger partial charge in [-0.1, -0.05) is 199 Å². The monoisotopic (exact) mass is 1020 g/mol. The molecule has 10 rings (SSSR count). The van der Waals surface area contributed by atoms with E-state index in [1.165, 1.54) is 80.9 Å². The lowest BCUT2D eigenvalue weighted by Crippen LogP contribution is -2.24. The summed E-state index contributed by atoms with van der Waals surface area (Å²) < 4.78 is 18.7. The van der Waals surface area contributed by atoms with Gasteiger partial charge in [0.1, 0.15) is 23.9 Å². The van der Waals surface area contributed by atoms with Crippen molar-refractivity contribution in [3.8, 4) is 45.3 Å². The van der Waals surface area contributed by atoms with E-state index in [4.69, 9.17) is 24.0 Å². The average Bonchev–Trinajstić information content (AvgIpc) is 4.13. The Labute approximate surface area is 456 Å². The first-order valence-electron chi connectivity index (χ1n) is 28.6. The van der Waals surface area contributed by atoms with Crippen molar-refractivity contribution < 1.29 is 28.8 Å². The zero-order valence-corrected chi connectivity index (χ0v) is 45.2. The van der Waals surface area contributed by atoms with Crippen molar-refractivity contribution in [3.63, 3.8) is 0 Å². The molecule has 0 fully saturated rings. The average molecular weight is 1020 g/mol. The van der Waals surface area contributed by atoms with Crippen LogP contribution >= 0.6 is 0 Å². The van der Waals surface area contributed by atoms with Crippen LogP contribution in [0.1, 0.15) is 137 Å². The van der Waals surface area contributed by atoms with E-state index in [0.717, 1.165) is 124 Å². The van der Waals surface area contributed by atoms with Gasteiger partial charge in [0.2, 0.25) is 0 Å². The van der Waals surface area contributed by atoms with Crippen molar-refractivity contribution in [3.05, 3.63) is 203 Å². The van der Waals surface area contributed by atoms with E-state index in [9.17, 15) is 4.79 Å². The predicted octanol–water partition coefficient (Wildman–Crippen LogP) is 18.6. The van der Waals surface area contributed by atoms with E-state index >= 15 is 0 Å². The SMILES string of the molecule is CCCCCCCCOc1ccc2cc(C=CC(=O)Oc3ccc(-c4ccccc4)c4c3C3(CCc5c(-c6ccccc6)ccc(OOC/C=C/c6ccc7cc(OCCCCCCCC)ccc7c6)c53)CC4)ccc2c1. The van der Waals surface area contributed by atoms with Crippen molar-refractivity contribution in [2.45, 2.75) is 122 Å². The Bertz CT molecular complexity index is 3310. The summed E-state index contributed by atoms with van der Waals surface area (Å²) in [5.41, 5.74) is 10.7. The molecule has 8 aromatic carbocycles. The minimum Gasteiger partial charge on any atom is -0.494 e. The van der Waals surface area contributed by atoms with E-state index in [1.54, 1.807) is 6.08 Å². The summed E-state index contributed by atoms with van der Waals surface area (Å²) in [6.07, 6.45) is 25.7. The maximum Gasteiger partial charge on any atom is 0.336 e. The molecule has 0 radical (unpaired) electrons. The van der Waals surface area contributed by atoms with Crippen LogP contribution in [0.4, 0.5) is 0 Å². The van der Waals surface area contributed by atoms with E-state index in [0.29, 0.717) is 11.5 Å². The number of carbonyl (C=O) groups is 1. The number of rotatable bonds is 26. The molecule has 2 aliphatic rings. The highest BCUT2D eigenvalue weighted by molar-refractivity contribution is 5.92. The lowest BCUT2D eigenvalue weighted by Gasteiger charge is -2.30. The van der Waals surface area contributed by atoms with Gasteiger partial charge in [0.05, 0.1) is 13.2 Å². The summed E-state index contributed by atoms with van der Waals surface area (Å²) in [7, 11) is 0. The summed E-state index contributed by atoms with van der Waals surface area (Å²) in [5.74, 6) is 2.65.